The summed E-state index contributed by atoms with van der Waals surface area (Å²) in [5, 5.41) is 7.67. The predicted molar refractivity (Wildman–Crippen MR) is 139 cm³/mol. The van der Waals surface area contributed by atoms with Gasteiger partial charge in [-0.3, -0.25) is 9.59 Å². The number of halogens is 3. The smallest absolute Gasteiger partial charge is 0.329 e. The number of anilines is 1. The highest BCUT2D eigenvalue weighted by molar-refractivity contribution is 6.42. The van der Waals surface area contributed by atoms with E-state index < -0.39 is 11.8 Å². The van der Waals surface area contributed by atoms with Crippen molar-refractivity contribution in [1.29, 1.82) is 0 Å². The summed E-state index contributed by atoms with van der Waals surface area (Å²) < 4.78 is 11.3. The molecule has 0 aliphatic heterocycles. The van der Waals surface area contributed by atoms with Crippen LogP contribution in [0.1, 0.15) is 24.5 Å². The molecule has 3 aromatic rings. The van der Waals surface area contributed by atoms with Gasteiger partial charge in [-0.05, 0) is 66.6 Å². The zero-order valence-corrected chi connectivity index (χ0v) is 21.0. The number of carbonyl (C=O) groups excluding carboxylic acids is 2. The van der Waals surface area contributed by atoms with Crippen molar-refractivity contribution in [1.82, 2.24) is 5.43 Å². The molecule has 0 spiro atoms. The molecule has 0 bridgehead atoms. The normalized spacial score (nSPS) is 10.7. The van der Waals surface area contributed by atoms with Gasteiger partial charge in [-0.25, -0.2) is 5.43 Å². The third kappa shape index (κ3) is 8.17. The molecule has 0 fully saturated rings. The van der Waals surface area contributed by atoms with E-state index in [-0.39, 0.29) is 6.61 Å². The third-order valence-electron chi connectivity index (χ3n) is 4.51. The van der Waals surface area contributed by atoms with E-state index in [4.69, 9.17) is 44.3 Å². The summed E-state index contributed by atoms with van der Waals surface area (Å²) in [7, 11) is 0. The minimum Gasteiger partial charge on any atom is -0.494 e. The number of nitrogens with one attached hydrogen (secondary N) is 2. The molecule has 0 aromatic heterocycles. The molecule has 2 amide bonds. The lowest BCUT2D eigenvalue weighted by Crippen LogP contribution is -2.32. The number of ether oxygens (including phenoxy) is 2. The first kappa shape index (κ1) is 26.3. The molecule has 0 saturated carbocycles. The van der Waals surface area contributed by atoms with E-state index >= 15 is 0 Å². The molecule has 0 aliphatic rings. The highest BCUT2D eigenvalue weighted by Crippen LogP contribution is 2.25. The molecule has 0 radical (unpaired) electrons. The molecule has 0 saturated heterocycles. The van der Waals surface area contributed by atoms with E-state index in [2.05, 4.69) is 15.8 Å². The molecule has 3 aromatic carbocycles. The number of hydrogen-bond acceptors (Lipinski definition) is 5. The standard InChI is InChI=1S/C25H22Cl3N3O4/c1-2-11-34-20-7-5-19(6-8-20)30-24(32)25(33)31-29-14-17-13-18(26)4-10-23(17)35-15-16-3-9-21(27)22(28)12-16/h3-10,12-14H,2,11,15H2,1H3,(H,30,32)(H,31,33)/b29-14-. The van der Waals surface area contributed by atoms with Crippen molar-refractivity contribution >= 4 is 58.5 Å². The van der Waals surface area contributed by atoms with Gasteiger partial charge in [0, 0.05) is 16.3 Å². The fourth-order valence-corrected chi connectivity index (χ4v) is 3.30. The predicted octanol–water partition coefficient (Wildman–Crippen LogP) is 6.10. The van der Waals surface area contributed by atoms with Gasteiger partial charge < -0.3 is 14.8 Å². The van der Waals surface area contributed by atoms with Crippen molar-refractivity contribution < 1.29 is 19.1 Å². The van der Waals surface area contributed by atoms with Gasteiger partial charge in [0.2, 0.25) is 0 Å². The molecule has 0 aliphatic carbocycles. The second-order valence-electron chi connectivity index (χ2n) is 7.25. The number of amides is 2. The van der Waals surface area contributed by atoms with E-state index in [1.807, 2.05) is 6.92 Å². The lowest BCUT2D eigenvalue weighted by molar-refractivity contribution is -0.136. The zero-order valence-electron chi connectivity index (χ0n) is 18.7. The average molecular weight is 535 g/mol. The van der Waals surface area contributed by atoms with E-state index in [1.165, 1.54) is 6.21 Å². The first-order chi connectivity index (χ1) is 16.9. The van der Waals surface area contributed by atoms with Crippen molar-refractivity contribution in [2.24, 2.45) is 5.10 Å². The lowest BCUT2D eigenvalue weighted by Gasteiger charge is -2.10. The van der Waals surface area contributed by atoms with Crippen LogP contribution in [0.2, 0.25) is 15.1 Å². The van der Waals surface area contributed by atoms with Crippen LogP contribution in [0.3, 0.4) is 0 Å². The maximum atomic E-state index is 12.1. The molecule has 2 N–H and O–H groups in total. The molecule has 35 heavy (non-hydrogen) atoms. The fourth-order valence-electron chi connectivity index (χ4n) is 2.80. The number of hydrazone groups is 1. The minimum absolute atomic E-state index is 0.219. The van der Waals surface area contributed by atoms with Gasteiger partial charge in [0.1, 0.15) is 18.1 Å². The summed E-state index contributed by atoms with van der Waals surface area (Å²) in [6.07, 6.45) is 2.22. The van der Waals surface area contributed by atoms with E-state index in [1.54, 1.807) is 60.7 Å². The Bertz CT molecular complexity index is 1220. The van der Waals surface area contributed by atoms with Crippen LogP contribution >= 0.6 is 34.8 Å². The average Bonchev–Trinajstić information content (AvgIpc) is 2.85. The molecule has 3 rings (SSSR count). The minimum atomic E-state index is -0.937. The quantitative estimate of drug-likeness (QED) is 0.197. The summed E-state index contributed by atoms with van der Waals surface area (Å²) in [5.74, 6) is -0.662. The van der Waals surface area contributed by atoms with Crippen LogP contribution in [-0.4, -0.2) is 24.6 Å². The SMILES string of the molecule is CCCOc1ccc(NC(=O)C(=O)N/N=C\c2cc(Cl)ccc2OCc2ccc(Cl)c(Cl)c2)cc1. The largest absolute Gasteiger partial charge is 0.494 e. The molecule has 0 heterocycles. The Balaban J connectivity index is 1.57. The number of nitrogens with zero attached hydrogens (tertiary/aromatic N) is 1. The van der Waals surface area contributed by atoms with E-state index in [9.17, 15) is 9.59 Å². The molecule has 10 heteroatoms. The molecule has 0 unspecified atom stereocenters. The first-order valence-corrected chi connectivity index (χ1v) is 11.7. The monoisotopic (exact) mass is 533 g/mol. The molecule has 0 atom stereocenters. The van der Waals surface area contributed by atoms with Gasteiger partial charge in [-0.15, -0.1) is 0 Å². The number of carbonyl (C=O) groups is 2. The van der Waals surface area contributed by atoms with Crippen molar-refractivity contribution in [3.63, 3.8) is 0 Å². The Kier molecular flexibility index (Phi) is 9.78. The second kappa shape index (κ2) is 13.0. The molecule has 7 nitrogen and oxygen atoms in total. The van der Waals surface area contributed by atoms with Crippen molar-refractivity contribution in [2.45, 2.75) is 20.0 Å². The third-order valence-corrected chi connectivity index (χ3v) is 5.49. The van der Waals surface area contributed by atoms with Crippen LogP contribution in [0, 0.1) is 0 Å². The first-order valence-electron chi connectivity index (χ1n) is 10.6. The second-order valence-corrected chi connectivity index (χ2v) is 8.50. The summed E-state index contributed by atoms with van der Waals surface area (Å²) in [4.78, 5) is 24.3. The Labute approximate surface area is 218 Å². The number of hydrogen-bond donors (Lipinski definition) is 2. The van der Waals surface area contributed by atoms with Crippen LogP contribution in [0.15, 0.2) is 65.8 Å². The van der Waals surface area contributed by atoms with Gasteiger partial charge in [-0.2, -0.15) is 5.10 Å². The molecular formula is C25H22Cl3N3O4. The van der Waals surface area contributed by atoms with Crippen molar-refractivity contribution in [2.75, 3.05) is 11.9 Å². The van der Waals surface area contributed by atoms with Crippen LogP contribution in [-0.2, 0) is 16.2 Å². The molecular weight excluding hydrogens is 513 g/mol. The molecule has 182 valence electrons. The van der Waals surface area contributed by atoms with Crippen molar-refractivity contribution in [3.05, 3.63) is 86.9 Å². The van der Waals surface area contributed by atoms with E-state index in [0.29, 0.717) is 44.4 Å². The summed E-state index contributed by atoms with van der Waals surface area (Å²) in [6.45, 7) is 2.82. The Morgan fingerprint density at radius 1 is 0.914 bits per heavy atom. The van der Waals surface area contributed by atoms with Gasteiger partial charge in [-0.1, -0.05) is 47.8 Å². The van der Waals surface area contributed by atoms with Crippen LogP contribution in [0.25, 0.3) is 0 Å². The van der Waals surface area contributed by atoms with Crippen LogP contribution in [0.5, 0.6) is 11.5 Å². The highest BCUT2D eigenvalue weighted by Gasteiger charge is 2.13. The fraction of sp³-hybridized carbons (Fsp3) is 0.160. The zero-order chi connectivity index (χ0) is 25.2. The highest BCUT2D eigenvalue weighted by atomic mass is 35.5. The summed E-state index contributed by atoms with van der Waals surface area (Å²) in [5.41, 5.74) is 3.95. The van der Waals surface area contributed by atoms with Gasteiger partial charge in [0.05, 0.1) is 22.9 Å². The van der Waals surface area contributed by atoms with Crippen LogP contribution < -0.4 is 20.2 Å². The van der Waals surface area contributed by atoms with Gasteiger partial charge in [0.25, 0.3) is 0 Å². The van der Waals surface area contributed by atoms with Gasteiger partial charge in [0.15, 0.2) is 0 Å². The number of rotatable bonds is 9. The van der Waals surface area contributed by atoms with E-state index in [0.717, 1.165) is 12.0 Å². The summed E-state index contributed by atoms with van der Waals surface area (Å²) >= 11 is 18.1. The lowest BCUT2D eigenvalue weighted by atomic mass is 10.2. The van der Waals surface area contributed by atoms with Crippen molar-refractivity contribution in [3.8, 4) is 11.5 Å². The maximum absolute atomic E-state index is 12.1. The maximum Gasteiger partial charge on any atom is 0.329 e. The van der Waals surface area contributed by atoms with Crippen LogP contribution in [0.4, 0.5) is 5.69 Å². The topological polar surface area (TPSA) is 89.0 Å². The summed E-state index contributed by atoms with van der Waals surface area (Å²) in [6, 6.07) is 16.8. The van der Waals surface area contributed by atoms with Gasteiger partial charge >= 0.3 is 11.8 Å². The number of benzene rings is 3. The Hall–Kier alpha value is -3.26. The Morgan fingerprint density at radius 2 is 1.69 bits per heavy atom. The Morgan fingerprint density at radius 3 is 2.40 bits per heavy atom.